The number of hydrogen-bond acceptors (Lipinski definition) is 6. The highest BCUT2D eigenvalue weighted by Gasteiger charge is 2.45. The second-order valence-corrected chi connectivity index (χ2v) is 9.22. The quantitative estimate of drug-likeness (QED) is 0.721. The van der Waals surface area contributed by atoms with Crippen LogP contribution in [0.1, 0.15) is 62.6 Å². The topological polar surface area (TPSA) is 104 Å². The normalized spacial score (nSPS) is 20.9. The summed E-state index contributed by atoms with van der Waals surface area (Å²) in [6.45, 7) is 3.14. The summed E-state index contributed by atoms with van der Waals surface area (Å²) in [5, 5.41) is 10.5. The van der Waals surface area contributed by atoms with Gasteiger partial charge in [0.05, 0.1) is 0 Å². The summed E-state index contributed by atoms with van der Waals surface area (Å²) >= 11 is 0. The second kappa shape index (κ2) is 7.35. The molecule has 3 aliphatic rings. The van der Waals surface area contributed by atoms with Crippen LogP contribution in [0.5, 0.6) is 0 Å². The van der Waals surface area contributed by atoms with Crippen molar-refractivity contribution in [1.82, 2.24) is 20.1 Å². The molecular weight excluding hydrogens is 427 g/mol. The van der Waals surface area contributed by atoms with Crippen molar-refractivity contribution in [3.63, 3.8) is 0 Å². The van der Waals surface area contributed by atoms with E-state index < -0.39 is 23.5 Å². The third-order valence-corrected chi connectivity index (χ3v) is 6.83. The van der Waals surface area contributed by atoms with E-state index in [4.69, 9.17) is 4.42 Å². The maximum Gasteiger partial charge on any atom is 0.431 e. The molecule has 3 fully saturated rings. The number of nitrogens with zero attached hydrogens (tertiary/aromatic N) is 3. The first kappa shape index (κ1) is 21.0. The van der Waals surface area contributed by atoms with Gasteiger partial charge in [-0.15, -0.1) is 5.10 Å². The maximum atomic E-state index is 13.3. The van der Waals surface area contributed by atoms with Crippen LogP contribution in [0, 0.1) is 5.41 Å². The van der Waals surface area contributed by atoms with Crippen LogP contribution in [-0.4, -0.2) is 45.1 Å². The van der Waals surface area contributed by atoms with Gasteiger partial charge < -0.3 is 19.6 Å². The van der Waals surface area contributed by atoms with E-state index in [1.165, 1.54) is 18.9 Å². The molecule has 11 heteroatoms. The van der Waals surface area contributed by atoms with E-state index in [9.17, 15) is 22.8 Å². The molecule has 3 heterocycles. The average Bonchev–Trinajstić information content (AvgIpc) is 3.67. The number of anilines is 1. The molecule has 1 aliphatic heterocycles. The summed E-state index contributed by atoms with van der Waals surface area (Å²) in [5.74, 6) is -0.527. The fourth-order valence-corrected chi connectivity index (χ4v) is 4.45. The average molecular weight is 451 g/mol. The number of carbonyl (C=O) groups excluding carboxylic acids is 1. The highest BCUT2D eigenvalue weighted by Crippen LogP contribution is 2.53. The third-order valence-electron chi connectivity index (χ3n) is 6.83. The first-order valence-corrected chi connectivity index (χ1v) is 10.9. The number of amides is 1. The Morgan fingerprint density at radius 3 is 2.53 bits per heavy atom. The van der Waals surface area contributed by atoms with Crippen LogP contribution in [0.15, 0.2) is 15.3 Å². The third kappa shape index (κ3) is 4.00. The fourth-order valence-electron chi connectivity index (χ4n) is 4.45. The molecule has 172 valence electrons. The monoisotopic (exact) mass is 451 g/mol. The highest BCUT2D eigenvalue weighted by atomic mass is 19.4. The molecule has 1 atom stereocenters. The summed E-state index contributed by atoms with van der Waals surface area (Å²) in [7, 11) is 0. The lowest BCUT2D eigenvalue weighted by Gasteiger charge is -2.33. The molecule has 32 heavy (non-hydrogen) atoms. The summed E-state index contributed by atoms with van der Waals surface area (Å²) in [5.41, 5.74) is -1.61. The number of carbonyl (C=O) groups is 1. The highest BCUT2D eigenvalue weighted by molar-refractivity contribution is 5.83. The molecule has 5 rings (SSSR count). The standard InChI is InChI=1S/C21H24F3N5O3/c1-11(18(31)29-8-6-20(4-5-20)7-9-29)25-19-28-27-17(32-19)14-10-13(12-2-3-12)15(21(22,23)24)26-16(14)30/h10-12H,2-9H2,1H3,(H,25,28)(H,26,30)/t11-/m1/s1. The van der Waals surface area contributed by atoms with E-state index in [1.807, 2.05) is 9.88 Å². The molecule has 2 aliphatic carbocycles. The maximum absolute atomic E-state index is 13.3. The molecule has 2 aromatic rings. The van der Waals surface area contributed by atoms with E-state index in [1.54, 1.807) is 6.92 Å². The molecule has 0 unspecified atom stereocenters. The van der Waals surface area contributed by atoms with Gasteiger partial charge in [-0.3, -0.25) is 9.59 Å². The smallest absolute Gasteiger partial charge is 0.403 e. The predicted octanol–water partition coefficient (Wildman–Crippen LogP) is 3.52. The predicted molar refractivity (Wildman–Crippen MR) is 108 cm³/mol. The van der Waals surface area contributed by atoms with E-state index >= 15 is 0 Å². The minimum Gasteiger partial charge on any atom is -0.403 e. The van der Waals surface area contributed by atoms with E-state index in [0.29, 0.717) is 18.3 Å². The van der Waals surface area contributed by atoms with Crippen molar-refractivity contribution in [1.29, 1.82) is 0 Å². The van der Waals surface area contributed by atoms with Gasteiger partial charge in [0.25, 0.3) is 11.4 Å². The lowest BCUT2D eigenvalue weighted by atomic mass is 9.93. The van der Waals surface area contributed by atoms with Crippen molar-refractivity contribution < 1.29 is 22.4 Å². The van der Waals surface area contributed by atoms with Crippen LogP contribution < -0.4 is 10.9 Å². The molecule has 2 aromatic heterocycles. The number of alkyl halides is 3. The Morgan fingerprint density at radius 1 is 1.25 bits per heavy atom. The number of piperidine rings is 1. The number of hydrogen-bond donors (Lipinski definition) is 2. The molecule has 2 N–H and O–H groups in total. The van der Waals surface area contributed by atoms with Gasteiger partial charge in [0, 0.05) is 13.1 Å². The SMILES string of the molecule is C[C@@H](Nc1nnc(-c2cc(C3CC3)c(C(F)(F)F)[nH]c2=O)o1)C(=O)N1CCC2(CC1)CC2. The van der Waals surface area contributed by atoms with Crippen molar-refractivity contribution in [2.75, 3.05) is 18.4 Å². The van der Waals surface area contributed by atoms with Crippen LogP contribution in [-0.2, 0) is 11.0 Å². The zero-order valence-corrected chi connectivity index (χ0v) is 17.6. The Kier molecular flexibility index (Phi) is 4.82. The van der Waals surface area contributed by atoms with Crippen LogP contribution in [0.2, 0.25) is 0 Å². The van der Waals surface area contributed by atoms with Gasteiger partial charge in [-0.1, -0.05) is 5.10 Å². The summed E-state index contributed by atoms with van der Waals surface area (Å²) in [4.78, 5) is 28.8. The Hall–Kier alpha value is -2.85. The minimum atomic E-state index is -4.65. The van der Waals surface area contributed by atoms with Gasteiger partial charge in [0.15, 0.2) is 0 Å². The Balaban J connectivity index is 1.31. The molecule has 8 nitrogen and oxygen atoms in total. The number of aromatic nitrogens is 3. The summed E-state index contributed by atoms with van der Waals surface area (Å²) in [6, 6.07) is 0.500. The first-order chi connectivity index (χ1) is 15.2. The number of aromatic amines is 1. The Morgan fingerprint density at radius 2 is 1.94 bits per heavy atom. The van der Waals surface area contributed by atoms with Crippen LogP contribution in [0.25, 0.3) is 11.5 Å². The molecule has 0 radical (unpaired) electrons. The largest absolute Gasteiger partial charge is 0.431 e. The van der Waals surface area contributed by atoms with E-state index in [2.05, 4.69) is 15.5 Å². The van der Waals surface area contributed by atoms with Gasteiger partial charge in [0.1, 0.15) is 17.3 Å². The minimum absolute atomic E-state index is 0.0295. The second-order valence-electron chi connectivity index (χ2n) is 9.22. The molecule has 1 amide bonds. The Bertz CT molecular complexity index is 1090. The van der Waals surface area contributed by atoms with Crippen LogP contribution in [0.4, 0.5) is 19.2 Å². The molecule has 1 saturated heterocycles. The fraction of sp³-hybridized carbons (Fsp3) is 0.619. The first-order valence-electron chi connectivity index (χ1n) is 10.9. The lowest BCUT2D eigenvalue weighted by Crippen LogP contribution is -2.45. The van der Waals surface area contributed by atoms with Gasteiger partial charge in [-0.25, -0.2) is 0 Å². The number of nitrogens with one attached hydrogen (secondary N) is 2. The number of halogens is 3. The molecule has 0 bridgehead atoms. The van der Waals surface area contributed by atoms with Crippen molar-refractivity contribution in [2.24, 2.45) is 5.41 Å². The van der Waals surface area contributed by atoms with Crippen molar-refractivity contribution in [3.05, 3.63) is 27.7 Å². The number of H-pyrrole nitrogens is 1. The van der Waals surface area contributed by atoms with Crippen molar-refractivity contribution in [3.8, 4) is 11.5 Å². The zero-order chi connectivity index (χ0) is 22.7. The van der Waals surface area contributed by atoms with Crippen LogP contribution >= 0.6 is 0 Å². The zero-order valence-electron chi connectivity index (χ0n) is 17.6. The van der Waals surface area contributed by atoms with Gasteiger partial charge >= 0.3 is 12.2 Å². The number of rotatable bonds is 5. The van der Waals surface area contributed by atoms with Gasteiger partial charge in [0.2, 0.25) is 5.91 Å². The molecule has 1 spiro atoms. The lowest BCUT2D eigenvalue weighted by molar-refractivity contribution is -0.142. The van der Waals surface area contributed by atoms with Crippen molar-refractivity contribution in [2.45, 2.75) is 63.6 Å². The number of likely N-dealkylation sites (tertiary alicyclic amines) is 1. The van der Waals surface area contributed by atoms with Crippen molar-refractivity contribution >= 4 is 11.9 Å². The van der Waals surface area contributed by atoms with Gasteiger partial charge in [-0.2, -0.15) is 13.2 Å². The number of pyridine rings is 1. The summed E-state index contributed by atoms with van der Waals surface area (Å²) in [6.07, 6.45) is 1.15. The van der Waals surface area contributed by atoms with E-state index in [0.717, 1.165) is 25.9 Å². The van der Waals surface area contributed by atoms with E-state index in [-0.39, 0.29) is 34.9 Å². The Labute approximate surface area is 181 Å². The molecular formula is C21H24F3N5O3. The molecule has 0 aromatic carbocycles. The summed E-state index contributed by atoms with van der Waals surface area (Å²) < 4.78 is 45.4. The molecule has 2 saturated carbocycles. The van der Waals surface area contributed by atoms with Crippen LogP contribution in [0.3, 0.4) is 0 Å². The van der Waals surface area contributed by atoms with Gasteiger partial charge in [-0.05, 0) is 68.4 Å².